The van der Waals surface area contributed by atoms with E-state index >= 15 is 0 Å². The van der Waals surface area contributed by atoms with E-state index in [1.165, 1.54) is 0 Å². The molecule has 16 heavy (non-hydrogen) atoms. The maximum absolute atomic E-state index is 11.8. The molecule has 86 valence electrons. The third-order valence-corrected chi connectivity index (χ3v) is 3.23. The summed E-state index contributed by atoms with van der Waals surface area (Å²) in [7, 11) is 0. The predicted octanol–water partition coefficient (Wildman–Crippen LogP) is 0.915. The van der Waals surface area contributed by atoms with E-state index in [1.54, 1.807) is 0 Å². The molecule has 0 atom stereocenters. The lowest BCUT2D eigenvalue weighted by Gasteiger charge is -2.20. The molecule has 2 rings (SSSR count). The van der Waals surface area contributed by atoms with Crippen LogP contribution >= 0.6 is 0 Å². The number of amides is 1. The standard InChI is InChI=1S/C12H16N2O2/c1-2-9-7-5-3-4-6-8(7)10(11(13)15)12(16)14-9/h2-6H2,1H3,(H2,13,15)(H,14,16). The van der Waals surface area contributed by atoms with Gasteiger partial charge in [-0.2, -0.15) is 0 Å². The number of pyridine rings is 1. The van der Waals surface area contributed by atoms with E-state index in [9.17, 15) is 9.59 Å². The van der Waals surface area contributed by atoms with Gasteiger partial charge in [0.1, 0.15) is 5.56 Å². The molecular formula is C12H16N2O2. The fourth-order valence-electron chi connectivity index (χ4n) is 2.49. The van der Waals surface area contributed by atoms with Crippen LogP contribution in [0.1, 0.15) is 46.9 Å². The van der Waals surface area contributed by atoms with E-state index in [-0.39, 0.29) is 11.1 Å². The van der Waals surface area contributed by atoms with Gasteiger partial charge in [0, 0.05) is 5.69 Å². The van der Waals surface area contributed by atoms with Crippen LogP contribution in [0, 0.1) is 0 Å². The van der Waals surface area contributed by atoms with Crippen molar-refractivity contribution in [3.05, 3.63) is 32.7 Å². The molecule has 1 amide bonds. The maximum atomic E-state index is 11.8. The lowest BCUT2D eigenvalue weighted by Crippen LogP contribution is -2.29. The fourth-order valence-corrected chi connectivity index (χ4v) is 2.49. The van der Waals surface area contributed by atoms with Crippen LogP contribution in [0.4, 0.5) is 0 Å². The summed E-state index contributed by atoms with van der Waals surface area (Å²) < 4.78 is 0. The van der Waals surface area contributed by atoms with Crippen molar-refractivity contribution in [2.24, 2.45) is 5.73 Å². The maximum Gasteiger partial charge on any atom is 0.261 e. The van der Waals surface area contributed by atoms with Crippen molar-refractivity contribution in [1.82, 2.24) is 4.98 Å². The predicted molar refractivity (Wildman–Crippen MR) is 61.6 cm³/mol. The summed E-state index contributed by atoms with van der Waals surface area (Å²) in [6.45, 7) is 2.00. The molecule has 0 unspecified atom stereocenters. The van der Waals surface area contributed by atoms with Crippen molar-refractivity contribution < 1.29 is 4.79 Å². The molecule has 0 aromatic carbocycles. The number of aromatic amines is 1. The Hall–Kier alpha value is -1.58. The molecule has 0 fully saturated rings. The third-order valence-electron chi connectivity index (χ3n) is 3.23. The van der Waals surface area contributed by atoms with E-state index in [2.05, 4.69) is 4.98 Å². The minimum Gasteiger partial charge on any atom is -0.365 e. The topological polar surface area (TPSA) is 75.9 Å². The molecule has 0 radical (unpaired) electrons. The van der Waals surface area contributed by atoms with E-state index in [4.69, 9.17) is 5.73 Å². The van der Waals surface area contributed by atoms with Crippen molar-refractivity contribution >= 4 is 5.91 Å². The number of carbonyl (C=O) groups is 1. The van der Waals surface area contributed by atoms with Gasteiger partial charge in [-0.1, -0.05) is 6.92 Å². The average Bonchev–Trinajstić information content (AvgIpc) is 2.27. The number of H-pyrrole nitrogens is 1. The van der Waals surface area contributed by atoms with Gasteiger partial charge in [-0.05, 0) is 43.2 Å². The molecule has 1 heterocycles. The van der Waals surface area contributed by atoms with Crippen LogP contribution < -0.4 is 11.3 Å². The van der Waals surface area contributed by atoms with Gasteiger partial charge >= 0.3 is 0 Å². The minimum atomic E-state index is -0.609. The number of hydrogen-bond acceptors (Lipinski definition) is 2. The first-order chi connectivity index (χ1) is 7.65. The van der Waals surface area contributed by atoms with Gasteiger partial charge in [0.25, 0.3) is 11.5 Å². The molecule has 0 spiro atoms. The quantitative estimate of drug-likeness (QED) is 0.777. The number of primary amides is 1. The van der Waals surface area contributed by atoms with Crippen molar-refractivity contribution in [2.75, 3.05) is 0 Å². The summed E-state index contributed by atoms with van der Waals surface area (Å²) in [6.07, 6.45) is 4.67. The molecule has 1 aromatic rings. The first-order valence-electron chi connectivity index (χ1n) is 5.71. The zero-order valence-corrected chi connectivity index (χ0v) is 9.43. The summed E-state index contributed by atoms with van der Waals surface area (Å²) in [5.41, 5.74) is 8.11. The van der Waals surface area contributed by atoms with Crippen molar-refractivity contribution in [3.8, 4) is 0 Å². The third kappa shape index (κ3) is 1.64. The zero-order valence-electron chi connectivity index (χ0n) is 9.43. The van der Waals surface area contributed by atoms with Gasteiger partial charge in [0.15, 0.2) is 0 Å². The van der Waals surface area contributed by atoms with Gasteiger partial charge in [-0.25, -0.2) is 0 Å². The van der Waals surface area contributed by atoms with Crippen LogP contribution in [0.15, 0.2) is 4.79 Å². The Labute approximate surface area is 93.9 Å². The van der Waals surface area contributed by atoms with Crippen molar-refractivity contribution in [1.29, 1.82) is 0 Å². The van der Waals surface area contributed by atoms with E-state index in [0.29, 0.717) is 0 Å². The smallest absolute Gasteiger partial charge is 0.261 e. The monoisotopic (exact) mass is 220 g/mol. The van der Waals surface area contributed by atoms with E-state index in [1.807, 2.05) is 6.92 Å². The molecular weight excluding hydrogens is 204 g/mol. The molecule has 0 aliphatic heterocycles. The van der Waals surface area contributed by atoms with Crippen LogP contribution in [0.3, 0.4) is 0 Å². The van der Waals surface area contributed by atoms with Crippen LogP contribution in [0.25, 0.3) is 0 Å². The summed E-state index contributed by atoms with van der Waals surface area (Å²) in [4.78, 5) is 25.8. The van der Waals surface area contributed by atoms with Crippen LogP contribution in [-0.2, 0) is 19.3 Å². The van der Waals surface area contributed by atoms with Crippen molar-refractivity contribution in [2.45, 2.75) is 39.0 Å². The Morgan fingerprint density at radius 3 is 2.50 bits per heavy atom. The Balaban J connectivity index is 2.72. The minimum absolute atomic E-state index is 0.173. The second-order valence-corrected chi connectivity index (χ2v) is 4.19. The van der Waals surface area contributed by atoms with Crippen LogP contribution in [-0.4, -0.2) is 10.9 Å². The first kappa shape index (κ1) is 10.9. The average molecular weight is 220 g/mol. The summed E-state index contributed by atoms with van der Waals surface area (Å²) in [5.74, 6) is -0.609. The van der Waals surface area contributed by atoms with Gasteiger partial charge in [-0.15, -0.1) is 0 Å². The van der Waals surface area contributed by atoms with Gasteiger partial charge in [0.2, 0.25) is 0 Å². The summed E-state index contributed by atoms with van der Waals surface area (Å²) in [6, 6.07) is 0. The molecule has 4 heteroatoms. The lowest BCUT2D eigenvalue weighted by atomic mass is 9.87. The number of carbonyl (C=O) groups excluding carboxylic acids is 1. The highest BCUT2D eigenvalue weighted by Gasteiger charge is 2.22. The molecule has 0 saturated carbocycles. The molecule has 4 nitrogen and oxygen atoms in total. The zero-order chi connectivity index (χ0) is 11.7. The second-order valence-electron chi connectivity index (χ2n) is 4.19. The lowest BCUT2D eigenvalue weighted by molar-refractivity contribution is 0.0997. The Kier molecular flexibility index (Phi) is 2.81. The Bertz CT molecular complexity index is 489. The molecule has 1 aromatic heterocycles. The number of aryl methyl sites for hydroxylation is 1. The Morgan fingerprint density at radius 2 is 1.94 bits per heavy atom. The number of rotatable bonds is 2. The second kappa shape index (κ2) is 4.12. The summed E-state index contributed by atoms with van der Waals surface area (Å²) in [5, 5.41) is 0. The highest BCUT2D eigenvalue weighted by atomic mass is 16.2. The molecule has 0 saturated heterocycles. The number of hydrogen-bond donors (Lipinski definition) is 2. The van der Waals surface area contributed by atoms with E-state index in [0.717, 1.165) is 48.9 Å². The number of nitrogens with two attached hydrogens (primary N) is 1. The summed E-state index contributed by atoms with van der Waals surface area (Å²) >= 11 is 0. The SMILES string of the molecule is CCc1[nH]c(=O)c(C(N)=O)c2c1CCCC2. The number of fused-ring (bicyclic) bond motifs is 1. The normalized spacial score (nSPS) is 14.6. The molecule has 1 aliphatic rings. The highest BCUT2D eigenvalue weighted by Crippen LogP contribution is 2.24. The Morgan fingerprint density at radius 1 is 1.31 bits per heavy atom. The van der Waals surface area contributed by atoms with Gasteiger partial charge in [-0.3, -0.25) is 9.59 Å². The van der Waals surface area contributed by atoms with Gasteiger partial charge < -0.3 is 10.7 Å². The first-order valence-corrected chi connectivity index (χ1v) is 5.71. The molecule has 0 bridgehead atoms. The molecule has 1 aliphatic carbocycles. The highest BCUT2D eigenvalue weighted by molar-refractivity contribution is 5.94. The molecule has 3 N–H and O–H groups in total. The number of nitrogens with one attached hydrogen (secondary N) is 1. The van der Waals surface area contributed by atoms with Crippen LogP contribution in [0.5, 0.6) is 0 Å². The van der Waals surface area contributed by atoms with Crippen molar-refractivity contribution in [3.63, 3.8) is 0 Å². The fraction of sp³-hybridized carbons (Fsp3) is 0.500. The number of aromatic nitrogens is 1. The van der Waals surface area contributed by atoms with E-state index < -0.39 is 5.91 Å². The largest absolute Gasteiger partial charge is 0.365 e. The van der Waals surface area contributed by atoms with Gasteiger partial charge in [0.05, 0.1) is 0 Å². The van der Waals surface area contributed by atoms with Crippen LogP contribution in [0.2, 0.25) is 0 Å².